The summed E-state index contributed by atoms with van der Waals surface area (Å²) in [6.45, 7) is 1.44. The molecule has 0 saturated carbocycles. The van der Waals surface area contributed by atoms with Crippen LogP contribution in [0.25, 0.3) is 0 Å². The van der Waals surface area contributed by atoms with Crippen molar-refractivity contribution in [3.05, 3.63) is 35.7 Å². The number of nitrogen functional groups attached to an aromatic ring is 1. The molecular weight excluding hydrogens is 275 g/mol. The molecule has 0 aliphatic heterocycles. The topological polar surface area (TPSA) is 111 Å². The first-order valence-electron chi connectivity index (χ1n) is 5.22. The Morgan fingerprint density at radius 2 is 2.21 bits per heavy atom. The lowest BCUT2D eigenvalue weighted by atomic mass is 10.3. The number of aromatic nitrogens is 2. The molecule has 1 aromatic heterocycles. The molecule has 1 heterocycles. The van der Waals surface area contributed by atoms with Gasteiger partial charge in [-0.05, 0) is 25.1 Å². The molecule has 7 nitrogen and oxygen atoms in total. The molecule has 0 bridgehead atoms. The molecule has 19 heavy (non-hydrogen) atoms. The number of hydrogen-bond donors (Lipinski definition) is 2. The summed E-state index contributed by atoms with van der Waals surface area (Å²) in [5.41, 5.74) is 5.30. The van der Waals surface area contributed by atoms with E-state index in [1.807, 2.05) is 0 Å². The molecule has 0 unspecified atom stereocenters. The number of rotatable bonds is 4. The number of nitrogens with two attached hydrogens (primary N) is 1. The minimum atomic E-state index is -3.87. The van der Waals surface area contributed by atoms with Gasteiger partial charge in [-0.15, -0.1) is 0 Å². The van der Waals surface area contributed by atoms with Crippen LogP contribution in [0, 0.1) is 12.7 Å². The molecule has 9 heteroatoms. The van der Waals surface area contributed by atoms with Crippen molar-refractivity contribution in [2.24, 2.45) is 0 Å². The van der Waals surface area contributed by atoms with Crippen LogP contribution in [0.4, 0.5) is 10.1 Å². The van der Waals surface area contributed by atoms with Gasteiger partial charge in [-0.25, -0.2) is 17.5 Å². The highest BCUT2D eigenvalue weighted by molar-refractivity contribution is 7.89. The van der Waals surface area contributed by atoms with Crippen LogP contribution in [-0.2, 0) is 16.6 Å². The molecule has 102 valence electrons. The summed E-state index contributed by atoms with van der Waals surface area (Å²) < 4.78 is 43.7. The van der Waals surface area contributed by atoms with Gasteiger partial charge in [0.25, 0.3) is 0 Å². The van der Waals surface area contributed by atoms with Crippen molar-refractivity contribution in [1.82, 2.24) is 14.9 Å². The number of nitrogens with one attached hydrogen (secondary N) is 1. The molecule has 2 rings (SSSR count). The Morgan fingerprint density at radius 1 is 1.47 bits per heavy atom. The van der Waals surface area contributed by atoms with E-state index in [1.54, 1.807) is 6.92 Å². The van der Waals surface area contributed by atoms with Crippen LogP contribution in [0.3, 0.4) is 0 Å². The molecule has 0 saturated heterocycles. The first kappa shape index (κ1) is 13.4. The average molecular weight is 286 g/mol. The van der Waals surface area contributed by atoms with Crippen LogP contribution >= 0.6 is 0 Å². The lowest BCUT2D eigenvalue weighted by Crippen LogP contribution is -2.24. The average Bonchev–Trinajstić information content (AvgIpc) is 2.72. The van der Waals surface area contributed by atoms with E-state index in [0.29, 0.717) is 5.82 Å². The summed E-state index contributed by atoms with van der Waals surface area (Å²) in [5, 5.41) is 3.52. The van der Waals surface area contributed by atoms with Gasteiger partial charge in [-0.3, -0.25) is 0 Å². The second-order valence-corrected chi connectivity index (χ2v) is 5.48. The highest BCUT2D eigenvalue weighted by Crippen LogP contribution is 2.19. The van der Waals surface area contributed by atoms with E-state index in [2.05, 4.69) is 14.9 Å². The maximum Gasteiger partial charge on any atom is 0.243 e. The summed E-state index contributed by atoms with van der Waals surface area (Å²) in [6, 6.07) is 3.04. The lowest BCUT2D eigenvalue weighted by Gasteiger charge is -2.07. The number of halogens is 1. The smallest absolute Gasteiger partial charge is 0.243 e. The maximum atomic E-state index is 12.9. The summed E-state index contributed by atoms with van der Waals surface area (Å²) in [4.78, 5) is 3.64. The van der Waals surface area contributed by atoms with Gasteiger partial charge in [0.05, 0.1) is 12.2 Å². The molecule has 3 N–H and O–H groups in total. The summed E-state index contributed by atoms with van der Waals surface area (Å²) in [5.74, 6) is -0.0822. The van der Waals surface area contributed by atoms with Crippen molar-refractivity contribution in [2.75, 3.05) is 5.73 Å². The summed E-state index contributed by atoms with van der Waals surface area (Å²) in [7, 11) is -3.87. The zero-order valence-electron chi connectivity index (χ0n) is 9.92. The van der Waals surface area contributed by atoms with Crippen LogP contribution in [0.5, 0.6) is 0 Å². The Morgan fingerprint density at radius 3 is 2.79 bits per heavy atom. The molecule has 0 amide bonds. The SMILES string of the molecule is Cc1noc(CNS(=O)(=O)c2ccc(F)cc2N)n1. The fourth-order valence-corrected chi connectivity index (χ4v) is 2.50. The van der Waals surface area contributed by atoms with Gasteiger partial charge in [0.15, 0.2) is 5.82 Å². The number of anilines is 1. The molecule has 0 atom stereocenters. The lowest BCUT2D eigenvalue weighted by molar-refractivity contribution is 0.372. The monoisotopic (exact) mass is 286 g/mol. The van der Waals surface area contributed by atoms with E-state index >= 15 is 0 Å². The van der Waals surface area contributed by atoms with Crippen molar-refractivity contribution in [3.8, 4) is 0 Å². The van der Waals surface area contributed by atoms with Gasteiger partial charge in [0.2, 0.25) is 15.9 Å². The van der Waals surface area contributed by atoms with Crippen LogP contribution < -0.4 is 10.5 Å². The molecule has 0 aliphatic carbocycles. The third-order valence-corrected chi connectivity index (χ3v) is 3.72. The third-order valence-electron chi connectivity index (χ3n) is 2.24. The Hall–Kier alpha value is -2.00. The van der Waals surface area contributed by atoms with Gasteiger partial charge in [-0.1, -0.05) is 5.16 Å². The van der Waals surface area contributed by atoms with E-state index in [0.717, 1.165) is 18.2 Å². The molecule has 0 aliphatic rings. The van der Waals surface area contributed by atoms with Crippen LogP contribution in [0.15, 0.2) is 27.6 Å². The van der Waals surface area contributed by atoms with Gasteiger partial charge in [0.1, 0.15) is 10.7 Å². The number of nitrogens with zero attached hydrogens (tertiary/aromatic N) is 2. The van der Waals surface area contributed by atoms with Crippen LogP contribution in [-0.4, -0.2) is 18.6 Å². The zero-order valence-corrected chi connectivity index (χ0v) is 10.7. The molecular formula is C10H11FN4O3S. The largest absolute Gasteiger partial charge is 0.398 e. The Kier molecular flexibility index (Phi) is 3.49. The highest BCUT2D eigenvalue weighted by Gasteiger charge is 2.18. The predicted octanol–water partition coefficient (Wildman–Crippen LogP) is 0.578. The number of benzene rings is 1. The van der Waals surface area contributed by atoms with Crippen molar-refractivity contribution < 1.29 is 17.3 Å². The van der Waals surface area contributed by atoms with Gasteiger partial charge >= 0.3 is 0 Å². The Labute approximate surface area is 108 Å². The number of aryl methyl sites for hydroxylation is 1. The zero-order chi connectivity index (χ0) is 14.0. The van der Waals surface area contributed by atoms with E-state index in [9.17, 15) is 12.8 Å². The minimum Gasteiger partial charge on any atom is -0.398 e. The third kappa shape index (κ3) is 3.06. The molecule has 2 aromatic rings. The van der Waals surface area contributed by atoms with Crippen molar-refractivity contribution in [1.29, 1.82) is 0 Å². The first-order valence-corrected chi connectivity index (χ1v) is 6.71. The molecule has 0 fully saturated rings. The minimum absolute atomic E-state index is 0.127. The first-order chi connectivity index (χ1) is 8.88. The fraction of sp³-hybridized carbons (Fsp3) is 0.200. The van der Waals surface area contributed by atoms with Crippen molar-refractivity contribution >= 4 is 15.7 Å². The molecule has 0 spiro atoms. The summed E-state index contributed by atoms with van der Waals surface area (Å²) in [6.07, 6.45) is 0. The van der Waals surface area contributed by atoms with E-state index in [1.165, 1.54) is 0 Å². The second kappa shape index (κ2) is 4.94. The fourth-order valence-electron chi connectivity index (χ4n) is 1.41. The van der Waals surface area contributed by atoms with Gasteiger partial charge in [0, 0.05) is 0 Å². The van der Waals surface area contributed by atoms with Crippen LogP contribution in [0.1, 0.15) is 11.7 Å². The number of sulfonamides is 1. The Balaban J connectivity index is 2.18. The van der Waals surface area contributed by atoms with E-state index in [-0.39, 0.29) is 23.0 Å². The van der Waals surface area contributed by atoms with Crippen molar-refractivity contribution in [3.63, 3.8) is 0 Å². The van der Waals surface area contributed by atoms with Gasteiger partial charge < -0.3 is 10.3 Å². The van der Waals surface area contributed by atoms with E-state index in [4.69, 9.17) is 10.3 Å². The quantitative estimate of drug-likeness (QED) is 0.795. The van der Waals surface area contributed by atoms with Gasteiger partial charge in [-0.2, -0.15) is 4.98 Å². The highest BCUT2D eigenvalue weighted by atomic mass is 32.2. The Bertz CT molecular complexity index is 699. The number of hydrogen-bond acceptors (Lipinski definition) is 6. The molecule has 1 aromatic carbocycles. The second-order valence-electron chi connectivity index (χ2n) is 3.74. The standard InChI is InChI=1S/C10H11FN4O3S/c1-6-14-10(18-15-6)5-13-19(16,17)9-3-2-7(11)4-8(9)12/h2-4,13H,5,12H2,1H3. The van der Waals surface area contributed by atoms with Crippen LogP contribution in [0.2, 0.25) is 0 Å². The van der Waals surface area contributed by atoms with Crippen molar-refractivity contribution in [2.45, 2.75) is 18.4 Å². The molecule has 0 radical (unpaired) electrons. The van der Waals surface area contributed by atoms with E-state index < -0.39 is 15.8 Å². The predicted molar refractivity (Wildman–Crippen MR) is 63.9 cm³/mol. The summed E-state index contributed by atoms with van der Waals surface area (Å²) >= 11 is 0. The maximum absolute atomic E-state index is 12.9. The normalized spacial score (nSPS) is 11.7.